The van der Waals surface area contributed by atoms with Crippen LogP contribution in [0.3, 0.4) is 0 Å². The van der Waals surface area contributed by atoms with Crippen molar-refractivity contribution >= 4 is 23.7 Å². The van der Waals surface area contributed by atoms with E-state index in [9.17, 15) is 19.2 Å². The Morgan fingerprint density at radius 2 is 0.974 bits per heavy atom. The van der Waals surface area contributed by atoms with E-state index in [1.807, 2.05) is 0 Å². The molecule has 0 aromatic heterocycles. The summed E-state index contributed by atoms with van der Waals surface area (Å²) in [5.74, 6) is -1.17. The van der Waals surface area contributed by atoms with Crippen molar-refractivity contribution in [1.82, 2.24) is 16.0 Å². The average molecular weight is 548 g/mol. The number of esters is 1. The van der Waals surface area contributed by atoms with Crippen LogP contribution in [0.1, 0.15) is 51.8 Å². The summed E-state index contributed by atoms with van der Waals surface area (Å²) in [5, 5.41) is 7.90. The lowest BCUT2D eigenvalue weighted by molar-refractivity contribution is -0.138. The molecule has 0 heterocycles. The first kappa shape index (κ1) is 32.9. The van der Waals surface area contributed by atoms with Crippen LogP contribution in [0.5, 0.6) is 0 Å². The van der Waals surface area contributed by atoms with Gasteiger partial charge in [-0.1, -0.05) is 19.7 Å². The van der Waals surface area contributed by atoms with Crippen LogP contribution in [0.25, 0.3) is 0 Å². The SMILES string of the molecule is C=C(C)OCOCCNC(=O)c1cc(C(=O)NCCOCOC(=C)C)cc(C(=O)NCCOC(=O)C(=C)C)c1. The van der Waals surface area contributed by atoms with Gasteiger partial charge in [-0.25, -0.2) is 4.79 Å². The number of benzene rings is 1. The summed E-state index contributed by atoms with van der Waals surface area (Å²) in [5.41, 5.74) is 0.478. The van der Waals surface area contributed by atoms with E-state index in [1.54, 1.807) is 13.8 Å². The molecule has 0 aliphatic rings. The molecule has 0 saturated carbocycles. The van der Waals surface area contributed by atoms with Crippen molar-refractivity contribution < 1.29 is 42.9 Å². The van der Waals surface area contributed by atoms with Crippen LogP contribution in [-0.2, 0) is 28.5 Å². The number of carbonyl (C=O) groups excluding carboxylic acids is 4. The van der Waals surface area contributed by atoms with Crippen LogP contribution in [0, 0.1) is 0 Å². The number of rotatable bonds is 19. The van der Waals surface area contributed by atoms with Gasteiger partial charge in [0, 0.05) is 35.4 Å². The van der Waals surface area contributed by atoms with E-state index in [0.29, 0.717) is 11.5 Å². The standard InChI is InChI=1S/C27H37N3O9/c1-18(2)27(34)37-12-9-30-26(33)23-14-21(24(31)28-7-10-35-16-38-19(3)4)13-22(15-23)25(32)29-8-11-36-17-39-20(5)6/h13-15H,1,3,5,7-12,16-17H2,2,4,6H3,(H,28,31)(H,29,32)(H,30,33). The lowest BCUT2D eigenvalue weighted by atomic mass is 10.0. The minimum Gasteiger partial charge on any atom is -0.473 e. The lowest BCUT2D eigenvalue weighted by Crippen LogP contribution is -2.31. The molecule has 1 aromatic carbocycles. The Morgan fingerprint density at radius 1 is 0.615 bits per heavy atom. The zero-order chi connectivity index (χ0) is 29.2. The predicted molar refractivity (Wildman–Crippen MR) is 143 cm³/mol. The second-order valence-corrected chi connectivity index (χ2v) is 8.23. The molecule has 0 aliphatic carbocycles. The molecule has 0 atom stereocenters. The number of amides is 3. The third-order valence-electron chi connectivity index (χ3n) is 4.53. The third kappa shape index (κ3) is 14.4. The zero-order valence-electron chi connectivity index (χ0n) is 22.7. The third-order valence-corrected chi connectivity index (χ3v) is 4.53. The number of hydrogen-bond donors (Lipinski definition) is 3. The Morgan fingerprint density at radius 3 is 1.31 bits per heavy atom. The summed E-state index contributed by atoms with van der Waals surface area (Å²) in [6.45, 7) is 16.1. The van der Waals surface area contributed by atoms with Gasteiger partial charge in [-0.15, -0.1) is 0 Å². The van der Waals surface area contributed by atoms with Gasteiger partial charge in [0.15, 0.2) is 13.6 Å². The monoisotopic (exact) mass is 547 g/mol. The van der Waals surface area contributed by atoms with Crippen LogP contribution in [0.2, 0.25) is 0 Å². The highest BCUT2D eigenvalue weighted by atomic mass is 16.7. The van der Waals surface area contributed by atoms with Crippen molar-refractivity contribution in [2.75, 3.05) is 53.0 Å². The van der Waals surface area contributed by atoms with Crippen LogP contribution >= 0.6 is 0 Å². The van der Waals surface area contributed by atoms with Crippen molar-refractivity contribution in [2.24, 2.45) is 0 Å². The molecule has 12 nitrogen and oxygen atoms in total. The van der Waals surface area contributed by atoms with Crippen LogP contribution in [0.15, 0.2) is 55.0 Å². The van der Waals surface area contributed by atoms with E-state index < -0.39 is 23.7 Å². The molecule has 39 heavy (non-hydrogen) atoms. The number of hydrogen-bond acceptors (Lipinski definition) is 9. The van der Waals surface area contributed by atoms with E-state index in [1.165, 1.54) is 25.1 Å². The highest BCUT2D eigenvalue weighted by Crippen LogP contribution is 2.12. The zero-order valence-corrected chi connectivity index (χ0v) is 22.7. The Kier molecular flexibility index (Phi) is 15.3. The van der Waals surface area contributed by atoms with E-state index >= 15 is 0 Å². The molecule has 1 rings (SSSR count). The Labute approximate surface area is 228 Å². The molecule has 12 heteroatoms. The molecule has 0 spiro atoms. The number of carbonyl (C=O) groups is 4. The first-order valence-corrected chi connectivity index (χ1v) is 12.1. The van der Waals surface area contributed by atoms with Crippen molar-refractivity contribution in [3.8, 4) is 0 Å². The van der Waals surface area contributed by atoms with E-state index in [2.05, 4.69) is 35.7 Å². The van der Waals surface area contributed by atoms with Gasteiger partial charge in [-0.2, -0.15) is 0 Å². The highest BCUT2D eigenvalue weighted by molar-refractivity contribution is 6.04. The highest BCUT2D eigenvalue weighted by Gasteiger charge is 2.16. The van der Waals surface area contributed by atoms with Gasteiger partial charge in [0.1, 0.15) is 6.61 Å². The Balaban J connectivity index is 2.84. The molecule has 214 valence electrons. The van der Waals surface area contributed by atoms with Crippen molar-refractivity contribution in [2.45, 2.75) is 20.8 Å². The second kappa shape index (κ2) is 18.2. The smallest absolute Gasteiger partial charge is 0.333 e. The van der Waals surface area contributed by atoms with Gasteiger partial charge in [-0.05, 0) is 39.0 Å². The van der Waals surface area contributed by atoms with Gasteiger partial charge in [0.05, 0.1) is 31.3 Å². The molecule has 0 aliphatic heterocycles. The Bertz CT molecular complexity index is 997. The molecule has 0 fully saturated rings. The quantitative estimate of drug-likeness (QED) is 0.0777. The van der Waals surface area contributed by atoms with E-state index in [4.69, 9.17) is 23.7 Å². The molecule has 3 N–H and O–H groups in total. The van der Waals surface area contributed by atoms with Gasteiger partial charge in [0.2, 0.25) is 0 Å². The number of ether oxygens (including phenoxy) is 5. The lowest BCUT2D eigenvalue weighted by Gasteiger charge is -2.12. The number of allylic oxidation sites excluding steroid dienone is 2. The maximum Gasteiger partial charge on any atom is 0.333 e. The molecular formula is C27H37N3O9. The molecule has 0 bridgehead atoms. The molecule has 0 unspecified atom stereocenters. The summed E-state index contributed by atoms with van der Waals surface area (Å²) in [4.78, 5) is 49.7. The van der Waals surface area contributed by atoms with Crippen LogP contribution < -0.4 is 16.0 Å². The first-order chi connectivity index (χ1) is 18.5. The molecule has 0 saturated heterocycles. The van der Waals surface area contributed by atoms with E-state index in [0.717, 1.165) is 0 Å². The molecule has 1 aromatic rings. The maximum atomic E-state index is 12.7. The van der Waals surface area contributed by atoms with Crippen LogP contribution in [-0.4, -0.2) is 76.7 Å². The average Bonchev–Trinajstić information content (AvgIpc) is 2.89. The largest absolute Gasteiger partial charge is 0.473 e. The summed E-state index contributed by atoms with van der Waals surface area (Å²) in [6.07, 6.45) is 0. The maximum absolute atomic E-state index is 12.7. The normalized spacial score (nSPS) is 10.1. The predicted octanol–water partition coefficient (Wildman–Crippen LogP) is 2.04. The van der Waals surface area contributed by atoms with Gasteiger partial charge >= 0.3 is 5.97 Å². The Hall–Kier alpha value is -4.16. The van der Waals surface area contributed by atoms with Crippen LogP contribution in [0.4, 0.5) is 0 Å². The first-order valence-electron chi connectivity index (χ1n) is 12.1. The fourth-order valence-corrected chi connectivity index (χ4v) is 2.63. The minimum absolute atomic E-state index is 0.00407. The summed E-state index contributed by atoms with van der Waals surface area (Å²) in [6, 6.07) is 4.07. The second-order valence-electron chi connectivity index (χ2n) is 8.23. The van der Waals surface area contributed by atoms with Gasteiger partial charge in [0.25, 0.3) is 17.7 Å². The molecule has 0 radical (unpaired) electrons. The topological polar surface area (TPSA) is 151 Å². The van der Waals surface area contributed by atoms with Crippen molar-refractivity contribution in [3.63, 3.8) is 0 Å². The van der Waals surface area contributed by atoms with Gasteiger partial charge in [-0.3, -0.25) is 14.4 Å². The summed E-state index contributed by atoms with van der Waals surface area (Å²) < 4.78 is 25.6. The van der Waals surface area contributed by atoms with Crippen molar-refractivity contribution in [1.29, 1.82) is 0 Å². The van der Waals surface area contributed by atoms with E-state index in [-0.39, 0.29) is 75.3 Å². The van der Waals surface area contributed by atoms with Gasteiger partial charge < -0.3 is 39.6 Å². The molecular weight excluding hydrogens is 510 g/mol. The van der Waals surface area contributed by atoms with Crippen molar-refractivity contribution in [3.05, 3.63) is 71.7 Å². The summed E-state index contributed by atoms with van der Waals surface area (Å²) in [7, 11) is 0. The molecule has 3 amide bonds. The minimum atomic E-state index is -0.577. The summed E-state index contributed by atoms with van der Waals surface area (Å²) >= 11 is 0. The fourth-order valence-electron chi connectivity index (χ4n) is 2.63. The fraction of sp³-hybridized carbons (Fsp3) is 0.407. The number of nitrogens with one attached hydrogen (secondary N) is 3.